The Labute approximate surface area is 188 Å². The molecule has 1 aromatic carbocycles. The van der Waals surface area contributed by atoms with E-state index in [1.54, 1.807) is 7.11 Å². The quantitative estimate of drug-likeness (QED) is 0.517. The number of hydrogen-bond donors (Lipinski definition) is 1. The normalized spacial score (nSPS) is 17.2. The highest BCUT2D eigenvalue weighted by molar-refractivity contribution is 5.95. The summed E-state index contributed by atoms with van der Waals surface area (Å²) in [6.45, 7) is 11.3. The largest absolute Gasteiger partial charge is 0.490 e. The summed E-state index contributed by atoms with van der Waals surface area (Å²) >= 11 is 0. The van der Waals surface area contributed by atoms with E-state index < -0.39 is 0 Å². The molecule has 1 saturated heterocycles. The van der Waals surface area contributed by atoms with Gasteiger partial charge in [-0.05, 0) is 64.8 Å². The van der Waals surface area contributed by atoms with Gasteiger partial charge in [-0.15, -0.1) is 12.4 Å². The van der Waals surface area contributed by atoms with E-state index in [0.29, 0.717) is 30.3 Å². The minimum Gasteiger partial charge on any atom is -0.490 e. The van der Waals surface area contributed by atoms with Gasteiger partial charge in [-0.25, -0.2) is 0 Å². The molecule has 0 radical (unpaired) electrons. The van der Waals surface area contributed by atoms with Crippen molar-refractivity contribution >= 4 is 18.3 Å². The summed E-state index contributed by atoms with van der Waals surface area (Å²) in [5, 5.41) is 3.41. The molecule has 1 aliphatic rings. The lowest BCUT2D eigenvalue weighted by atomic mass is 10.0. The van der Waals surface area contributed by atoms with Crippen LogP contribution in [0.1, 0.15) is 63.7 Å². The minimum atomic E-state index is 0. The van der Waals surface area contributed by atoms with E-state index in [9.17, 15) is 4.79 Å². The minimum absolute atomic E-state index is 0. The lowest BCUT2D eigenvalue weighted by Gasteiger charge is -2.37. The Morgan fingerprint density at radius 3 is 2.60 bits per heavy atom. The number of hydrogen-bond acceptors (Lipinski definition) is 5. The van der Waals surface area contributed by atoms with Crippen LogP contribution < -0.4 is 14.8 Å². The Balaban J connectivity index is 0.00000450. The number of nitrogens with one attached hydrogen (secondary N) is 1. The molecular formula is C23H39ClN2O4. The summed E-state index contributed by atoms with van der Waals surface area (Å²) in [6.07, 6.45) is 3.89. The summed E-state index contributed by atoms with van der Waals surface area (Å²) in [7, 11) is 1.68. The number of carbonyl (C=O) groups is 1. The van der Waals surface area contributed by atoms with Crippen molar-refractivity contribution < 1.29 is 19.0 Å². The number of rotatable bonds is 11. The zero-order chi connectivity index (χ0) is 21.2. The molecule has 1 heterocycles. The van der Waals surface area contributed by atoms with Crippen LogP contribution in [0.25, 0.3) is 0 Å². The van der Waals surface area contributed by atoms with Crippen LogP contribution in [0, 0.1) is 0 Å². The summed E-state index contributed by atoms with van der Waals surface area (Å²) < 4.78 is 17.1. The molecule has 30 heavy (non-hydrogen) atoms. The van der Waals surface area contributed by atoms with E-state index in [-0.39, 0.29) is 36.5 Å². The average Bonchev–Trinajstić information content (AvgIpc) is 2.72. The number of halogens is 1. The highest BCUT2D eigenvalue weighted by Crippen LogP contribution is 2.31. The van der Waals surface area contributed by atoms with Crippen molar-refractivity contribution in [1.82, 2.24) is 10.2 Å². The number of methoxy groups -OCH3 is 1. The Morgan fingerprint density at radius 1 is 1.23 bits per heavy atom. The van der Waals surface area contributed by atoms with E-state index >= 15 is 0 Å². The number of amides is 1. The third-order valence-corrected chi connectivity index (χ3v) is 5.30. The molecular weight excluding hydrogens is 404 g/mol. The molecule has 0 saturated carbocycles. The van der Waals surface area contributed by atoms with Crippen LogP contribution in [0.15, 0.2) is 18.2 Å². The first kappa shape index (κ1) is 26.5. The topological polar surface area (TPSA) is 60.0 Å². The number of carbonyl (C=O) groups excluding carboxylic acids is 1. The van der Waals surface area contributed by atoms with Gasteiger partial charge in [0.15, 0.2) is 11.5 Å². The Morgan fingerprint density at radius 2 is 2.00 bits per heavy atom. The third-order valence-electron chi connectivity index (χ3n) is 5.30. The summed E-state index contributed by atoms with van der Waals surface area (Å²) in [5.41, 5.74) is 0.641. The van der Waals surface area contributed by atoms with Gasteiger partial charge in [0, 0.05) is 44.3 Å². The second kappa shape index (κ2) is 13.7. The van der Waals surface area contributed by atoms with Gasteiger partial charge in [0.25, 0.3) is 5.91 Å². The molecule has 1 fully saturated rings. The molecule has 2 atom stereocenters. The fourth-order valence-corrected chi connectivity index (χ4v) is 3.58. The van der Waals surface area contributed by atoms with Crippen molar-refractivity contribution in [2.45, 2.75) is 71.6 Å². The lowest BCUT2D eigenvalue weighted by Crippen LogP contribution is -2.51. The standard InChI is InChI=1S/C23H38N2O4.ClH/c1-6-18(4)29-21-11-10-19(15-22(21)28-14-8-13-27-5)23(26)25(17(2)3)20-9-7-12-24-16-20;/h10-11,15,17-18,20,24H,6-9,12-14,16H2,1-5H3;1H/t18?,20-;/m1./s1. The highest BCUT2D eigenvalue weighted by Gasteiger charge is 2.29. The van der Waals surface area contributed by atoms with Crippen molar-refractivity contribution in [3.05, 3.63) is 23.8 Å². The van der Waals surface area contributed by atoms with Crippen molar-refractivity contribution in [2.24, 2.45) is 0 Å². The maximum absolute atomic E-state index is 13.4. The molecule has 1 aliphatic heterocycles. The molecule has 172 valence electrons. The van der Waals surface area contributed by atoms with Crippen LogP contribution >= 0.6 is 12.4 Å². The SMILES string of the molecule is CCC(C)Oc1ccc(C(=O)N(C(C)C)[C@@H]2CCCNC2)cc1OCCCOC.Cl. The van der Waals surface area contributed by atoms with Crippen LogP contribution in [-0.4, -0.2) is 62.4 Å². The molecule has 0 aromatic heterocycles. The molecule has 0 bridgehead atoms. The first-order chi connectivity index (χ1) is 14.0. The van der Waals surface area contributed by atoms with Gasteiger partial charge in [0.1, 0.15) is 0 Å². The van der Waals surface area contributed by atoms with Gasteiger partial charge < -0.3 is 24.4 Å². The summed E-state index contributed by atoms with van der Waals surface area (Å²) in [4.78, 5) is 15.4. The van der Waals surface area contributed by atoms with E-state index in [1.807, 2.05) is 30.0 Å². The molecule has 1 N–H and O–H groups in total. The molecule has 0 aliphatic carbocycles. The number of benzene rings is 1. The van der Waals surface area contributed by atoms with Gasteiger partial charge in [-0.1, -0.05) is 6.92 Å². The Hall–Kier alpha value is -1.50. The first-order valence-electron chi connectivity index (χ1n) is 10.9. The predicted octanol–water partition coefficient (Wildman–Crippen LogP) is 4.30. The van der Waals surface area contributed by atoms with Crippen molar-refractivity contribution in [3.8, 4) is 11.5 Å². The van der Waals surface area contributed by atoms with Gasteiger partial charge in [0.05, 0.1) is 12.7 Å². The van der Waals surface area contributed by atoms with Crippen LogP contribution in [-0.2, 0) is 4.74 Å². The van der Waals surface area contributed by atoms with Crippen molar-refractivity contribution in [3.63, 3.8) is 0 Å². The number of nitrogens with zero attached hydrogens (tertiary/aromatic N) is 1. The predicted molar refractivity (Wildman–Crippen MR) is 123 cm³/mol. The zero-order valence-corrected chi connectivity index (χ0v) is 19.9. The van der Waals surface area contributed by atoms with Gasteiger partial charge in [0.2, 0.25) is 0 Å². The summed E-state index contributed by atoms with van der Waals surface area (Å²) in [5.74, 6) is 1.35. The van der Waals surface area contributed by atoms with E-state index in [1.165, 1.54) is 0 Å². The maximum atomic E-state index is 13.4. The molecule has 1 amide bonds. The second-order valence-electron chi connectivity index (χ2n) is 8.00. The molecule has 1 aromatic rings. The average molecular weight is 443 g/mol. The molecule has 0 spiro atoms. The van der Waals surface area contributed by atoms with E-state index in [4.69, 9.17) is 14.2 Å². The smallest absolute Gasteiger partial charge is 0.254 e. The van der Waals surface area contributed by atoms with E-state index in [2.05, 4.69) is 26.1 Å². The molecule has 7 heteroatoms. The van der Waals surface area contributed by atoms with Gasteiger partial charge >= 0.3 is 0 Å². The Kier molecular flexibility index (Phi) is 12.1. The zero-order valence-electron chi connectivity index (χ0n) is 19.1. The summed E-state index contributed by atoms with van der Waals surface area (Å²) in [6, 6.07) is 5.90. The van der Waals surface area contributed by atoms with Crippen LogP contribution in [0.4, 0.5) is 0 Å². The van der Waals surface area contributed by atoms with Crippen LogP contribution in [0.5, 0.6) is 11.5 Å². The van der Waals surface area contributed by atoms with E-state index in [0.717, 1.165) is 38.8 Å². The second-order valence-corrected chi connectivity index (χ2v) is 8.00. The Bertz CT molecular complexity index is 636. The number of ether oxygens (including phenoxy) is 3. The fraction of sp³-hybridized carbons (Fsp3) is 0.696. The molecule has 2 rings (SSSR count). The molecule has 6 nitrogen and oxygen atoms in total. The van der Waals surface area contributed by atoms with Crippen LogP contribution in [0.2, 0.25) is 0 Å². The van der Waals surface area contributed by atoms with Gasteiger partial charge in [-0.2, -0.15) is 0 Å². The fourth-order valence-electron chi connectivity index (χ4n) is 3.58. The number of piperidine rings is 1. The maximum Gasteiger partial charge on any atom is 0.254 e. The van der Waals surface area contributed by atoms with Crippen LogP contribution in [0.3, 0.4) is 0 Å². The monoisotopic (exact) mass is 442 g/mol. The third kappa shape index (κ3) is 7.64. The first-order valence-corrected chi connectivity index (χ1v) is 10.9. The highest BCUT2D eigenvalue weighted by atomic mass is 35.5. The van der Waals surface area contributed by atoms with Crippen molar-refractivity contribution in [1.29, 1.82) is 0 Å². The molecule has 1 unspecified atom stereocenters. The van der Waals surface area contributed by atoms with Crippen molar-refractivity contribution in [2.75, 3.05) is 33.4 Å². The lowest BCUT2D eigenvalue weighted by molar-refractivity contribution is 0.0573. The van der Waals surface area contributed by atoms with Gasteiger partial charge in [-0.3, -0.25) is 4.79 Å².